The molecule has 3 heteroatoms. The lowest BCUT2D eigenvalue weighted by molar-refractivity contribution is 0.272. The topological polar surface area (TPSA) is 24.8 Å². The third kappa shape index (κ3) is 5.21. The van der Waals surface area contributed by atoms with E-state index >= 15 is 0 Å². The second-order valence-corrected chi connectivity index (χ2v) is 5.82. The van der Waals surface area contributed by atoms with Crippen LogP contribution in [0.15, 0.2) is 90.0 Å². The van der Waals surface area contributed by atoms with E-state index in [-0.39, 0.29) is 0 Å². The molecular weight excluding hydrogens is 308 g/mol. The van der Waals surface area contributed by atoms with Gasteiger partial charge in [-0.05, 0) is 28.8 Å². The van der Waals surface area contributed by atoms with E-state index in [9.17, 15) is 0 Å². The van der Waals surface area contributed by atoms with Gasteiger partial charge in [0.25, 0.3) is 0 Å². The van der Waals surface area contributed by atoms with Gasteiger partial charge in [-0.3, -0.25) is 5.01 Å². The average molecular weight is 330 g/mol. The third-order valence-electron chi connectivity index (χ3n) is 3.88. The lowest BCUT2D eigenvalue weighted by Crippen LogP contribution is -2.17. The van der Waals surface area contributed by atoms with Crippen LogP contribution in [0.2, 0.25) is 0 Å². The molecule has 0 fully saturated rings. The summed E-state index contributed by atoms with van der Waals surface area (Å²) in [5.74, 6) is 0.835. The highest BCUT2D eigenvalue weighted by atomic mass is 16.5. The molecule has 0 saturated heterocycles. The summed E-state index contributed by atoms with van der Waals surface area (Å²) in [5, 5.41) is 6.79. The Morgan fingerprint density at radius 1 is 0.800 bits per heavy atom. The maximum atomic E-state index is 5.28. The standard InChI is InChI=1S/C22H22N2O/c1-25-22-14-8-13-21(15-22)16-23-24(17-19-9-4-2-5-10-19)18-20-11-6-3-7-12-20/h2-16H,17-18H2,1H3/b23-16-. The minimum absolute atomic E-state index is 0.760. The molecule has 3 nitrogen and oxygen atoms in total. The first kappa shape index (κ1) is 16.8. The molecule has 3 aromatic carbocycles. The maximum Gasteiger partial charge on any atom is 0.119 e. The Bertz CT molecular complexity index is 759. The van der Waals surface area contributed by atoms with Crippen molar-refractivity contribution in [2.75, 3.05) is 7.11 Å². The summed E-state index contributed by atoms with van der Waals surface area (Å²) >= 11 is 0. The van der Waals surface area contributed by atoms with Crippen LogP contribution in [-0.4, -0.2) is 18.3 Å². The van der Waals surface area contributed by atoms with E-state index in [4.69, 9.17) is 9.84 Å². The monoisotopic (exact) mass is 330 g/mol. The molecule has 0 aliphatic heterocycles. The molecule has 25 heavy (non-hydrogen) atoms. The average Bonchev–Trinajstić information content (AvgIpc) is 2.68. The van der Waals surface area contributed by atoms with E-state index in [0.29, 0.717) is 0 Å². The van der Waals surface area contributed by atoms with Crippen molar-refractivity contribution in [3.05, 3.63) is 102 Å². The Labute approximate surface area is 149 Å². The minimum Gasteiger partial charge on any atom is -0.497 e. The van der Waals surface area contributed by atoms with Crippen LogP contribution >= 0.6 is 0 Å². The molecule has 0 heterocycles. The number of rotatable bonds is 7. The zero-order valence-electron chi connectivity index (χ0n) is 14.4. The highest BCUT2D eigenvalue weighted by Gasteiger charge is 2.04. The van der Waals surface area contributed by atoms with Gasteiger partial charge < -0.3 is 4.74 Å². The molecule has 0 radical (unpaired) electrons. The third-order valence-corrected chi connectivity index (χ3v) is 3.88. The van der Waals surface area contributed by atoms with E-state index in [2.05, 4.69) is 53.5 Å². The van der Waals surface area contributed by atoms with Gasteiger partial charge in [-0.15, -0.1) is 0 Å². The van der Waals surface area contributed by atoms with Gasteiger partial charge >= 0.3 is 0 Å². The van der Waals surface area contributed by atoms with Crippen molar-refractivity contribution in [3.63, 3.8) is 0 Å². The number of benzene rings is 3. The molecule has 0 N–H and O–H groups in total. The van der Waals surface area contributed by atoms with Gasteiger partial charge in [-0.1, -0.05) is 72.8 Å². The largest absolute Gasteiger partial charge is 0.497 e. The van der Waals surface area contributed by atoms with Gasteiger partial charge in [-0.2, -0.15) is 5.10 Å². The van der Waals surface area contributed by atoms with Crippen LogP contribution in [0.25, 0.3) is 0 Å². The Morgan fingerprint density at radius 3 is 1.96 bits per heavy atom. The molecule has 0 bridgehead atoms. The second kappa shape index (κ2) is 8.69. The lowest BCUT2D eigenvalue weighted by Gasteiger charge is -2.19. The molecule has 0 unspecified atom stereocenters. The van der Waals surface area contributed by atoms with Crippen LogP contribution in [-0.2, 0) is 13.1 Å². The van der Waals surface area contributed by atoms with E-state index in [1.54, 1.807) is 7.11 Å². The molecule has 3 rings (SSSR count). The lowest BCUT2D eigenvalue weighted by atomic mass is 10.2. The van der Waals surface area contributed by atoms with Crippen molar-refractivity contribution in [1.82, 2.24) is 5.01 Å². The summed E-state index contributed by atoms with van der Waals surface area (Å²) in [6.07, 6.45) is 1.88. The van der Waals surface area contributed by atoms with E-state index < -0.39 is 0 Å². The van der Waals surface area contributed by atoms with E-state index in [1.165, 1.54) is 11.1 Å². The van der Waals surface area contributed by atoms with Crippen molar-refractivity contribution in [2.24, 2.45) is 5.10 Å². The Hall–Kier alpha value is -3.07. The molecule has 0 aliphatic carbocycles. The first-order chi connectivity index (χ1) is 12.3. The fourth-order valence-corrected chi connectivity index (χ4v) is 2.60. The van der Waals surface area contributed by atoms with Crippen LogP contribution in [0.4, 0.5) is 0 Å². The minimum atomic E-state index is 0.760. The number of methoxy groups -OCH3 is 1. The normalized spacial score (nSPS) is 10.8. The quantitative estimate of drug-likeness (QED) is 0.462. The molecule has 0 atom stereocenters. The number of nitrogens with zero attached hydrogens (tertiary/aromatic N) is 2. The van der Waals surface area contributed by atoms with Crippen LogP contribution in [0.1, 0.15) is 16.7 Å². The number of hydrogen-bond acceptors (Lipinski definition) is 3. The van der Waals surface area contributed by atoms with Crippen LogP contribution < -0.4 is 4.74 Å². The summed E-state index contributed by atoms with van der Waals surface area (Å²) in [7, 11) is 1.67. The first-order valence-corrected chi connectivity index (χ1v) is 8.34. The van der Waals surface area contributed by atoms with Gasteiger partial charge in [0.1, 0.15) is 5.75 Å². The SMILES string of the molecule is COc1cccc(/C=N\N(Cc2ccccc2)Cc2ccccc2)c1. The van der Waals surface area contributed by atoms with Gasteiger partial charge in [-0.25, -0.2) is 0 Å². The van der Waals surface area contributed by atoms with Crippen LogP contribution in [0, 0.1) is 0 Å². The summed E-state index contributed by atoms with van der Waals surface area (Å²) in [4.78, 5) is 0. The molecule has 0 amide bonds. The Morgan fingerprint density at radius 2 is 1.40 bits per heavy atom. The smallest absolute Gasteiger partial charge is 0.119 e. The summed E-state index contributed by atoms with van der Waals surface area (Å²) in [6, 6.07) is 28.7. The van der Waals surface area contributed by atoms with Gasteiger partial charge in [0.15, 0.2) is 0 Å². The fraction of sp³-hybridized carbons (Fsp3) is 0.136. The van der Waals surface area contributed by atoms with Crippen LogP contribution in [0.3, 0.4) is 0 Å². The second-order valence-electron chi connectivity index (χ2n) is 5.82. The number of hydrogen-bond donors (Lipinski definition) is 0. The fourth-order valence-electron chi connectivity index (χ4n) is 2.60. The summed E-state index contributed by atoms with van der Waals surface area (Å²) in [6.45, 7) is 1.52. The predicted octanol–water partition coefficient (Wildman–Crippen LogP) is 4.73. The van der Waals surface area contributed by atoms with Gasteiger partial charge in [0, 0.05) is 0 Å². The van der Waals surface area contributed by atoms with Crippen molar-refractivity contribution < 1.29 is 4.74 Å². The zero-order chi connectivity index (χ0) is 17.3. The Kier molecular flexibility index (Phi) is 5.83. The summed E-state index contributed by atoms with van der Waals surface area (Å²) < 4.78 is 5.28. The molecule has 0 saturated carbocycles. The molecule has 0 spiro atoms. The number of ether oxygens (including phenoxy) is 1. The van der Waals surface area contributed by atoms with E-state index in [1.807, 2.05) is 42.6 Å². The molecule has 0 aliphatic rings. The van der Waals surface area contributed by atoms with Crippen LogP contribution in [0.5, 0.6) is 5.75 Å². The molecular formula is C22H22N2O. The Balaban J connectivity index is 1.78. The van der Waals surface area contributed by atoms with Crippen molar-refractivity contribution in [2.45, 2.75) is 13.1 Å². The maximum absolute atomic E-state index is 5.28. The van der Waals surface area contributed by atoms with Crippen molar-refractivity contribution >= 4 is 6.21 Å². The predicted molar refractivity (Wildman–Crippen MR) is 103 cm³/mol. The molecule has 0 aromatic heterocycles. The van der Waals surface area contributed by atoms with Crippen molar-refractivity contribution in [1.29, 1.82) is 0 Å². The molecule has 3 aromatic rings. The highest BCUT2D eigenvalue weighted by molar-refractivity contribution is 5.79. The number of hydrazone groups is 1. The zero-order valence-corrected chi connectivity index (χ0v) is 14.4. The first-order valence-electron chi connectivity index (χ1n) is 8.34. The van der Waals surface area contributed by atoms with Crippen molar-refractivity contribution in [3.8, 4) is 5.75 Å². The highest BCUT2D eigenvalue weighted by Crippen LogP contribution is 2.13. The summed E-state index contributed by atoms with van der Waals surface area (Å²) in [5.41, 5.74) is 3.49. The molecule has 126 valence electrons. The van der Waals surface area contributed by atoms with Gasteiger partial charge in [0.2, 0.25) is 0 Å². The van der Waals surface area contributed by atoms with E-state index in [0.717, 1.165) is 24.4 Å². The van der Waals surface area contributed by atoms with Gasteiger partial charge in [0.05, 0.1) is 26.4 Å².